The van der Waals surface area contributed by atoms with E-state index in [2.05, 4.69) is 33.0 Å². The van der Waals surface area contributed by atoms with Crippen LogP contribution in [0.3, 0.4) is 0 Å². The molecule has 0 spiro atoms. The molecule has 0 radical (unpaired) electrons. The molecule has 8 heteroatoms. The number of hydrogen-bond acceptors (Lipinski definition) is 6. The van der Waals surface area contributed by atoms with Gasteiger partial charge in [-0.3, -0.25) is 10.1 Å². The molecule has 0 aromatic carbocycles. The Morgan fingerprint density at radius 2 is 2.35 bits per heavy atom. The van der Waals surface area contributed by atoms with Gasteiger partial charge in [0.25, 0.3) is 0 Å². The van der Waals surface area contributed by atoms with Gasteiger partial charge in [0.15, 0.2) is 0 Å². The monoisotopic (exact) mass is 278 g/mol. The maximum absolute atomic E-state index is 11.8. The smallest absolute Gasteiger partial charge is 0.248 e. The summed E-state index contributed by atoms with van der Waals surface area (Å²) < 4.78 is 6.39. The third-order valence-corrected chi connectivity index (χ3v) is 2.52. The molecule has 0 bridgehead atoms. The summed E-state index contributed by atoms with van der Waals surface area (Å²) in [5.41, 5.74) is 1.52. The summed E-state index contributed by atoms with van der Waals surface area (Å²) in [5, 5.41) is 17.4. The Morgan fingerprint density at radius 3 is 3.05 bits per heavy atom. The first-order valence-electron chi connectivity index (χ1n) is 6.50. The van der Waals surface area contributed by atoms with E-state index in [0.717, 1.165) is 18.7 Å². The van der Waals surface area contributed by atoms with Crippen LogP contribution in [0.2, 0.25) is 0 Å². The molecule has 2 rings (SSSR count). The molecule has 2 aromatic heterocycles. The molecule has 20 heavy (non-hydrogen) atoms. The van der Waals surface area contributed by atoms with Gasteiger partial charge in [-0.25, -0.2) is 4.68 Å². The van der Waals surface area contributed by atoms with Crippen molar-refractivity contribution >= 4 is 11.8 Å². The van der Waals surface area contributed by atoms with Crippen molar-refractivity contribution in [3.05, 3.63) is 23.7 Å². The van der Waals surface area contributed by atoms with E-state index in [9.17, 15) is 4.79 Å². The van der Waals surface area contributed by atoms with Crippen LogP contribution in [-0.4, -0.2) is 32.6 Å². The highest BCUT2D eigenvalue weighted by molar-refractivity contribution is 5.89. The van der Waals surface area contributed by atoms with E-state index in [1.807, 2.05) is 0 Å². The minimum Gasteiger partial charge on any atom is -0.338 e. The molecule has 8 nitrogen and oxygen atoms in total. The number of aromatic nitrogens is 4. The predicted octanol–water partition coefficient (Wildman–Crippen LogP) is 0.713. The molecule has 108 valence electrons. The van der Waals surface area contributed by atoms with Crippen molar-refractivity contribution in [1.82, 2.24) is 25.5 Å². The standard InChI is InChI=1S/C12H18N6O2/c1-3-4-13-6-10-7-18(17-15-10)8-11(19)14-12-5-9(2)16-20-12/h5,7,13H,3-4,6,8H2,1-2H3,(H,14,19). The number of nitrogens with one attached hydrogen (secondary N) is 2. The Kier molecular flexibility index (Phi) is 4.83. The Morgan fingerprint density at radius 1 is 1.50 bits per heavy atom. The second kappa shape index (κ2) is 6.80. The van der Waals surface area contributed by atoms with Crippen LogP contribution in [0.5, 0.6) is 0 Å². The molecule has 2 aromatic rings. The van der Waals surface area contributed by atoms with Gasteiger partial charge >= 0.3 is 0 Å². The number of hydrogen-bond donors (Lipinski definition) is 2. The van der Waals surface area contributed by atoms with Crippen LogP contribution in [0.25, 0.3) is 0 Å². The fraction of sp³-hybridized carbons (Fsp3) is 0.500. The minimum absolute atomic E-state index is 0.0839. The number of anilines is 1. The highest BCUT2D eigenvalue weighted by atomic mass is 16.5. The second-order valence-electron chi connectivity index (χ2n) is 4.46. The van der Waals surface area contributed by atoms with E-state index in [0.29, 0.717) is 18.1 Å². The summed E-state index contributed by atoms with van der Waals surface area (Å²) in [7, 11) is 0. The lowest BCUT2D eigenvalue weighted by molar-refractivity contribution is -0.117. The van der Waals surface area contributed by atoms with E-state index in [4.69, 9.17) is 4.52 Å². The third-order valence-electron chi connectivity index (χ3n) is 2.52. The summed E-state index contributed by atoms with van der Waals surface area (Å²) in [4.78, 5) is 11.8. The first-order chi connectivity index (χ1) is 9.67. The molecule has 0 aliphatic carbocycles. The van der Waals surface area contributed by atoms with Crippen molar-refractivity contribution in [3.63, 3.8) is 0 Å². The fourth-order valence-corrected chi connectivity index (χ4v) is 1.64. The van der Waals surface area contributed by atoms with E-state index in [-0.39, 0.29) is 12.5 Å². The summed E-state index contributed by atoms with van der Waals surface area (Å²) in [6.45, 7) is 5.54. The Balaban J connectivity index is 1.82. The highest BCUT2D eigenvalue weighted by Gasteiger charge is 2.09. The van der Waals surface area contributed by atoms with Gasteiger partial charge in [0.1, 0.15) is 6.54 Å². The first-order valence-corrected chi connectivity index (χ1v) is 6.50. The number of aryl methyl sites for hydroxylation is 1. The topological polar surface area (TPSA) is 97.9 Å². The molecular weight excluding hydrogens is 260 g/mol. The van der Waals surface area contributed by atoms with Crippen LogP contribution in [0.1, 0.15) is 24.7 Å². The molecule has 1 amide bonds. The van der Waals surface area contributed by atoms with Crippen molar-refractivity contribution in [3.8, 4) is 0 Å². The molecule has 2 heterocycles. The molecule has 2 N–H and O–H groups in total. The molecule has 0 unspecified atom stereocenters. The summed E-state index contributed by atoms with van der Waals surface area (Å²) >= 11 is 0. The number of amides is 1. The number of carbonyl (C=O) groups excluding carboxylic acids is 1. The van der Waals surface area contributed by atoms with Crippen LogP contribution in [0.15, 0.2) is 16.8 Å². The number of carbonyl (C=O) groups is 1. The Bertz CT molecular complexity index is 562. The van der Waals surface area contributed by atoms with Crippen LogP contribution in [-0.2, 0) is 17.9 Å². The van der Waals surface area contributed by atoms with Crippen LogP contribution >= 0.6 is 0 Å². The van der Waals surface area contributed by atoms with Gasteiger partial charge in [-0.1, -0.05) is 17.3 Å². The molecule has 0 saturated heterocycles. The van der Waals surface area contributed by atoms with E-state index < -0.39 is 0 Å². The van der Waals surface area contributed by atoms with Crippen molar-refractivity contribution in [1.29, 1.82) is 0 Å². The van der Waals surface area contributed by atoms with Crippen LogP contribution in [0.4, 0.5) is 5.88 Å². The molecule has 0 saturated carbocycles. The van der Waals surface area contributed by atoms with Crippen LogP contribution in [0, 0.1) is 6.92 Å². The van der Waals surface area contributed by atoms with Gasteiger partial charge in [0.2, 0.25) is 11.8 Å². The highest BCUT2D eigenvalue weighted by Crippen LogP contribution is 2.08. The average Bonchev–Trinajstić information content (AvgIpc) is 2.99. The maximum Gasteiger partial charge on any atom is 0.248 e. The van der Waals surface area contributed by atoms with Gasteiger partial charge < -0.3 is 9.84 Å². The third kappa shape index (κ3) is 4.16. The lowest BCUT2D eigenvalue weighted by Gasteiger charge is -2.00. The van der Waals surface area contributed by atoms with Crippen LogP contribution < -0.4 is 10.6 Å². The van der Waals surface area contributed by atoms with Gasteiger partial charge in [0, 0.05) is 12.6 Å². The number of nitrogens with zero attached hydrogens (tertiary/aromatic N) is 4. The van der Waals surface area contributed by atoms with Gasteiger partial charge in [-0.05, 0) is 19.9 Å². The van der Waals surface area contributed by atoms with Crippen molar-refractivity contribution in [2.45, 2.75) is 33.4 Å². The van der Waals surface area contributed by atoms with Crippen molar-refractivity contribution < 1.29 is 9.32 Å². The SMILES string of the molecule is CCCNCc1cn(CC(=O)Nc2cc(C)no2)nn1. The quantitative estimate of drug-likeness (QED) is 0.724. The van der Waals surface area contributed by atoms with Gasteiger partial charge in [0.05, 0.1) is 17.6 Å². The zero-order valence-corrected chi connectivity index (χ0v) is 11.6. The lowest BCUT2D eigenvalue weighted by Crippen LogP contribution is -2.18. The Hall–Kier alpha value is -2.22. The maximum atomic E-state index is 11.8. The zero-order chi connectivity index (χ0) is 14.4. The predicted molar refractivity (Wildman–Crippen MR) is 71.9 cm³/mol. The normalized spacial score (nSPS) is 10.7. The number of rotatable bonds is 7. The molecular formula is C12H18N6O2. The largest absolute Gasteiger partial charge is 0.338 e. The summed E-state index contributed by atoms with van der Waals surface area (Å²) in [5.74, 6) is 0.0940. The zero-order valence-electron chi connectivity index (χ0n) is 11.6. The van der Waals surface area contributed by atoms with E-state index >= 15 is 0 Å². The second-order valence-corrected chi connectivity index (χ2v) is 4.46. The minimum atomic E-state index is -0.237. The van der Waals surface area contributed by atoms with Crippen molar-refractivity contribution in [2.75, 3.05) is 11.9 Å². The van der Waals surface area contributed by atoms with Crippen molar-refractivity contribution in [2.24, 2.45) is 0 Å². The fourth-order valence-electron chi connectivity index (χ4n) is 1.64. The average molecular weight is 278 g/mol. The summed E-state index contributed by atoms with van der Waals surface area (Å²) in [6, 6.07) is 1.65. The Labute approximate surface area is 116 Å². The summed E-state index contributed by atoms with van der Waals surface area (Å²) in [6.07, 6.45) is 2.81. The first kappa shape index (κ1) is 14.2. The molecule has 0 aliphatic rings. The van der Waals surface area contributed by atoms with Gasteiger partial charge in [-0.2, -0.15) is 0 Å². The molecule has 0 atom stereocenters. The molecule has 0 aliphatic heterocycles. The van der Waals surface area contributed by atoms with E-state index in [1.54, 1.807) is 19.2 Å². The van der Waals surface area contributed by atoms with E-state index in [1.165, 1.54) is 4.68 Å². The lowest BCUT2D eigenvalue weighted by atomic mass is 10.4. The molecule has 0 fully saturated rings. The van der Waals surface area contributed by atoms with Gasteiger partial charge in [-0.15, -0.1) is 5.10 Å².